The predicted molar refractivity (Wildman–Crippen MR) is 93.5 cm³/mol. The number of halogens is 1. The van der Waals surface area contributed by atoms with Crippen LogP contribution in [0.25, 0.3) is 0 Å². The van der Waals surface area contributed by atoms with Gasteiger partial charge in [-0.3, -0.25) is 4.79 Å². The highest BCUT2D eigenvalue weighted by Crippen LogP contribution is 2.38. The molecule has 1 aromatic carbocycles. The number of rotatable bonds is 5. The Balaban J connectivity index is 1.81. The maximum absolute atomic E-state index is 12.5. The number of furan rings is 1. The van der Waals surface area contributed by atoms with Crippen LogP contribution in [0, 0.1) is 5.92 Å². The molecule has 1 fully saturated rings. The normalized spacial score (nSPS) is 16.4. The Labute approximate surface area is 149 Å². The molecule has 5 nitrogen and oxygen atoms in total. The van der Waals surface area contributed by atoms with E-state index in [0.29, 0.717) is 5.92 Å². The summed E-state index contributed by atoms with van der Waals surface area (Å²) in [7, 11) is -3.46. The van der Waals surface area contributed by atoms with Crippen LogP contribution in [-0.2, 0) is 9.84 Å². The van der Waals surface area contributed by atoms with Crippen LogP contribution in [0.4, 0.5) is 0 Å². The number of amides is 1. The molecule has 1 atom stereocenters. The molecule has 0 radical (unpaired) electrons. The molecule has 1 saturated carbocycles. The van der Waals surface area contributed by atoms with Crippen molar-refractivity contribution in [3.05, 3.63) is 52.2 Å². The van der Waals surface area contributed by atoms with Gasteiger partial charge in [0, 0.05) is 10.7 Å². The largest absolute Gasteiger partial charge is 0.440 e. The zero-order valence-electron chi connectivity index (χ0n) is 13.2. The number of carbonyl (C=O) groups excluding carboxylic acids is 1. The van der Waals surface area contributed by atoms with Crippen molar-refractivity contribution in [1.29, 1.82) is 0 Å². The molecule has 1 aromatic heterocycles. The van der Waals surface area contributed by atoms with Crippen molar-refractivity contribution in [2.75, 3.05) is 6.26 Å². The van der Waals surface area contributed by atoms with E-state index in [4.69, 9.17) is 4.42 Å². The lowest BCUT2D eigenvalue weighted by Gasteiger charge is -2.34. The molecule has 0 bridgehead atoms. The zero-order chi connectivity index (χ0) is 17.3. The van der Waals surface area contributed by atoms with Gasteiger partial charge in [-0.1, -0.05) is 34.5 Å². The second-order valence-corrected chi connectivity index (χ2v) is 8.95. The van der Waals surface area contributed by atoms with Gasteiger partial charge in [-0.05, 0) is 48.6 Å². The molecule has 2 aromatic rings. The lowest BCUT2D eigenvalue weighted by molar-refractivity contribution is 0.0867. The van der Waals surface area contributed by atoms with Crippen LogP contribution in [0.2, 0.25) is 0 Å². The van der Waals surface area contributed by atoms with Crippen LogP contribution < -0.4 is 5.32 Å². The smallest absolute Gasteiger partial charge is 0.287 e. The molecule has 3 rings (SSSR count). The van der Waals surface area contributed by atoms with Gasteiger partial charge in [-0.15, -0.1) is 0 Å². The molecule has 128 valence electrons. The summed E-state index contributed by atoms with van der Waals surface area (Å²) in [5, 5.41) is 2.80. The highest BCUT2D eigenvalue weighted by atomic mass is 79.9. The van der Waals surface area contributed by atoms with Gasteiger partial charge < -0.3 is 9.73 Å². The summed E-state index contributed by atoms with van der Waals surface area (Å²) >= 11 is 3.41. The van der Waals surface area contributed by atoms with E-state index in [-0.39, 0.29) is 16.9 Å². The lowest BCUT2D eigenvalue weighted by atomic mass is 9.77. The molecular weight excluding hydrogens is 394 g/mol. The van der Waals surface area contributed by atoms with E-state index in [1.54, 1.807) is 0 Å². The molecule has 0 aliphatic heterocycles. The van der Waals surface area contributed by atoms with E-state index in [9.17, 15) is 13.2 Å². The van der Waals surface area contributed by atoms with Crippen molar-refractivity contribution < 1.29 is 17.6 Å². The molecule has 0 saturated heterocycles. The van der Waals surface area contributed by atoms with Crippen LogP contribution >= 0.6 is 15.9 Å². The fourth-order valence-electron chi connectivity index (χ4n) is 2.77. The van der Waals surface area contributed by atoms with Crippen molar-refractivity contribution in [1.82, 2.24) is 5.32 Å². The van der Waals surface area contributed by atoms with Crippen LogP contribution in [0.15, 0.2) is 50.4 Å². The minimum absolute atomic E-state index is 0.0110. The summed E-state index contributed by atoms with van der Waals surface area (Å²) in [5.74, 6) is 0.000967. The average molecular weight is 412 g/mol. The summed E-state index contributed by atoms with van der Waals surface area (Å²) in [6.07, 6.45) is 4.33. The van der Waals surface area contributed by atoms with E-state index in [0.717, 1.165) is 35.6 Å². The third kappa shape index (κ3) is 3.72. The standard InChI is InChI=1S/C17H18BrNO4S/c1-24(21,22)15-10-9-14(23-15)17(20)19-16(11-3-2-4-11)12-5-7-13(18)8-6-12/h5-11,16H,2-4H2,1H3,(H,19,20). The maximum atomic E-state index is 12.5. The molecule has 1 aliphatic carbocycles. The minimum atomic E-state index is -3.46. The molecule has 1 aliphatic rings. The van der Waals surface area contributed by atoms with Crippen LogP contribution in [0.1, 0.15) is 41.4 Å². The average Bonchev–Trinajstić information content (AvgIpc) is 2.95. The number of carbonyl (C=O) groups is 1. The molecule has 24 heavy (non-hydrogen) atoms. The second kappa shape index (κ2) is 6.72. The minimum Gasteiger partial charge on any atom is -0.440 e. The Morgan fingerprint density at radius 1 is 1.21 bits per heavy atom. The monoisotopic (exact) mass is 411 g/mol. The first-order valence-electron chi connectivity index (χ1n) is 7.71. The zero-order valence-corrected chi connectivity index (χ0v) is 15.6. The number of benzene rings is 1. The van der Waals surface area contributed by atoms with Gasteiger partial charge in [0.05, 0.1) is 6.04 Å². The SMILES string of the molecule is CS(=O)(=O)c1ccc(C(=O)NC(c2ccc(Br)cc2)C2CCC2)o1. The Kier molecular flexibility index (Phi) is 4.83. The lowest BCUT2D eigenvalue weighted by Crippen LogP contribution is -2.36. The molecule has 7 heteroatoms. The van der Waals surface area contributed by atoms with Gasteiger partial charge in [0.25, 0.3) is 5.91 Å². The topological polar surface area (TPSA) is 76.4 Å². The Bertz CT molecular complexity index is 838. The summed E-state index contributed by atoms with van der Waals surface area (Å²) in [4.78, 5) is 12.5. The summed E-state index contributed by atoms with van der Waals surface area (Å²) in [6, 6.07) is 10.5. The van der Waals surface area contributed by atoms with Gasteiger partial charge in [-0.2, -0.15) is 0 Å². The second-order valence-electron chi connectivity index (χ2n) is 6.08. The highest BCUT2D eigenvalue weighted by Gasteiger charge is 2.30. The van der Waals surface area contributed by atoms with Gasteiger partial charge >= 0.3 is 0 Å². The predicted octanol–water partition coefficient (Wildman–Crippen LogP) is 3.72. The first kappa shape index (κ1) is 17.2. The van der Waals surface area contributed by atoms with Crippen molar-refractivity contribution >= 4 is 31.7 Å². The van der Waals surface area contributed by atoms with E-state index >= 15 is 0 Å². The van der Waals surface area contributed by atoms with E-state index < -0.39 is 15.7 Å². The fraction of sp³-hybridized carbons (Fsp3) is 0.353. The Morgan fingerprint density at radius 3 is 2.38 bits per heavy atom. The Hall–Kier alpha value is -1.60. The van der Waals surface area contributed by atoms with Gasteiger partial charge in [0.2, 0.25) is 14.9 Å². The molecule has 0 spiro atoms. The van der Waals surface area contributed by atoms with Crippen LogP contribution in [-0.4, -0.2) is 20.6 Å². The Morgan fingerprint density at radius 2 is 1.88 bits per heavy atom. The maximum Gasteiger partial charge on any atom is 0.287 e. The van der Waals surface area contributed by atoms with Gasteiger partial charge in [0.15, 0.2) is 5.76 Å². The molecule has 1 heterocycles. The van der Waals surface area contributed by atoms with E-state index in [1.165, 1.54) is 12.1 Å². The molecule has 1 amide bonds. The van der Waals surface area contributed by atoms with E-state index in [1.807, 2.05) is 24.3 Å². The third-order valence-electron chi connectivity index (χ3n) is 4.31. The van der Waals surface area contributed by atoms with Crippen LogP contribution in [0.5, 0.6) is 0 Å². The first-order valence-corrected chi connectivity index (χ1v) is 10.4. The molecular formula is C17H18BrNO4S. The van der Waals surface area contributed by atoms with Crippen molar-refractivity contribution in [2.24, 2.45) is 5.92 Å². The first-order chi connectivity index (χ1) is 11.3. The van der Waals surface area contributed by atoms with Crippen molar-refractivity contribution in [3.63, 3.8) is 0 Å². The molecule has 1 N–H and O–H groups in total. The molecule has 1 unspecified atom stereocenters. The van der Waals surface area contributed by atoms with Crippen molar-refractivity contribution in [2.45, 2.75) is 30.4 Å². The number of nitrogens with one attached hydrogen (secondary N) is 1. The summed E-state index contributed by atoms with van der Waals surface area (Å²) < 4.78 is 29.1. The summed E-state index contributed by atoms with van der Waals surface area (Å²) in [6.45, 7) is 0. The van der Waals surface area contributed by atoms with Gasteiger partial charge in [0.1, 0.15) is 0 Å². The summed E-state index contributed by atoms with van der Waals surface area (Å²) in [5.41, 5.74) is 1.03. The third-order valence-corrected chi connectivity index (χ3v) is 5.79. The van der Waals surface area contributed by atoms with Crippen molar-refractivity contribution in [3.8, 4) is 0 Å². The van der Waals surface area contributed by atoms with Crippen LogP contribution in [0.3, 0.4) is 0 Å². The van der Waals surface area contributed by atoms with E-state index in [2.05, 4.69) is 21.2 Å². The quantitative estimate of drug-likeness (QED) is 0.812. The number of hydrogen-bond donors (Lipinski definition) is 1. The highest BCUT2D eigenvalue weighted by molar-refractivity contribution is 9.10. The number of sulfone groups is 1. The fourth-order valence-corrected chi connectivity index (χ4v) is 3.59. The number of hydrogen-bond acceptors (Lipinski definition) is 4. The van der Waals surface area contributed by atoms with Gasteiger partial charge in [-0.25, -0.2) is 8.42 Å².